The maximum atomic E-state index is 12.2. The van der Waals surface area contributed by atoms with Gasteiger partial charge in [-0.25, -0.2) is 4.79 Å². The van der Waals surface area contributed by atoms with E-state index in [2.05, 4.69) is 15.6 Å². The maximum Gasteiger partial charge on any atom is 0.338 e. The third-order valence-electron chi connectivity index (χ3n) is 3.67. The SMILES string of the molecule is CCc1sc(C(=O)NNC(=O)c2cc(C(=O)OC)cc([N+](=O)[O-])c2)cc1C. The van der Waals surface area contributed by atoms with Gasteiger partial charge in [0.15, 0.2) is 0 Å². The number of nitro benzene ring substituents is 1. The zero-order valence-electron chi connectivity index (χ0n) is 14.8. The molecule has 2 rings (SSSR count). The molecule has 9 nitrogen and oxygen atoms in total. The monoisotopic (exact) mass is 391 g/mol. The Morgan fingerprint density at radius 1 is 1.11 bits per heavy atom. The van der Waals surface area contributed by atoms with Crippen LogP contribution in [0.15, 0.2) is 24.3 Å². The second kappa shape index (κ2) is 8.41. The molecule has 10 heteroatoms. The number of thiophene rings is 1. The minimum absolute atomic E-state index is 0.148. The highest BCUT2D eigenvalue weighted by Crippen LogP contribution is 2.22. The quantitative estimate of drug-likeness (QED) is 0.458. The number of benzene rings is 1. The molecule has 1 aromatic heterocycles. The summed E-state index contributed by atoms with van der Waals surface area (Å²) in [4.78, 5) is 47.8. The lowest BCUT2D eigenvalue weighted by Crippen LogP contribution is -2.41. The Kier molecular flexibility index (Phi) is 6.24. The largest absolute Gasteiger partial charge is 0.465 e. The standard InChI is InChI=1S/C17H17N3O6S/c1-4-13-9(2)5-14(27-13)16(22)19-18-15(21)10-6-11(17(23)26-3)8-12(7-10)20(24)25/h5-8H,4H2,1-3H3,(H,18,21)(H,19,22). The molecular formula is C17H17N3O6S. The van der Waals surface area contributed by atoms with E-state index in [1.54, 1.807) is 6.07 Å². The van der Waals surface area contributed by atoms with Crippen LogP contribution in [0, 0.1) is 17.0 Å². The van der Waals surface area contributed by atoms with Gasteiger partial charge in [-0.05, 0) is 31.0 Å². The summed E-state index contributed by atoms with van der Waals surface area (Å²) in [6.45, 7) is 3.87. The van der Waals surface area contributed by atoms with Crippen LogP contribution in [0.3, 0.4) is 0 Å². The molecule has 1 heterocycles. The summed E-state index contributed by atoms with van der Waals surface area (Å²) < 4.78 is 4.52. The number of aryl methyl sites for hydroxylation is 2. The smallest absolute Gasteiger partial charge is 0.338 e. The summed E-state index contributed by atoms with van der Waals surface area (Å²) in [7, 11) is 1.12. The Labute approximate surface area is 158 Å². The highest BCUT2D eigenvalue weighted by molar-refractivity contribution is 7.14. The number of ether oxygens (including phenoxy) is 1. The van der Waals surface area contributed by atoms with E-state index in [1.165, 1.54) is 11.3 Å². The molecule has 2 amide bonds. The third-order valence-corrected chi connectivity index (χ3v) is 5.05. The first-order chi connectivity index (χ1) is 12.8. The van der Waals surface area contributed by atoms with Gasteiger partial charge in [0.1, 0.15) is 0 Å². The first-order valence-corrected chi connectivity index (χ1v) is 8.66. The van der Waals surface area contributed by atoms with Crippen LogP contribution in [0.1, 0.15) is 47.8 Å². The lowest BCUT2D eigenvalue weighted by molar-refractivity contribution is -0.384. The summed E-state index contributed by atoms with van der Waals surface area (Å²) in [5, 5.41) is 11.0. The van der Waals surface area contributed by atoms with Gasteiger partial charge in [-0.15, -0.1) is 11.3 Å². The molecule has 0 bridgehead atoms. The van der Waals surface area contributed by atoms with Crippen molar-refractivity contribution in [1.29, 1.82) is 0 Å². The minimum atomic E-state index is -0.821. The summed E-state index contributed by atoms with van der Waals surface area (Å²) in [5.74, 6) is -2.13. The van der Waals surface area contributed by atoms with E-state index >= 15 is 0 Å². The number of hydrazine groups is 1. The summed E-state index contributed by atoms with van der Waals surface area (Å²) in [5.41, 5.74) is 4.67. The molecule has 0 atom stereocenters. The molecule has 142 valence electrons. The van der Waals surface area contributed by atoms with E-state index in [1.807, 2.05) is 13.8 Å². The van der Waals surface area contributed by atoms with Crippen molar-refractivity contribution in [3.05, 3.63) is 60.8 Å². The van der Waals surface area contributed by atoms with Crippen LogP contribution in [0.25, 0.3) is 0 Å². The average molecular weight is 391 g/mol. The Morgan fingerprint density at radius 2 is 1.74 bits per heavy atom. The fraction of sp³-hybridized carbons (Fsp3) is 0.235. The number of nitrogens with one attached hydrogen (secondary N) is 2. The van der Waals surface area contributed by atoms with Crippen LogP contribution in [-0.4, -0.2) is 29.8 Å². The number of methoxy groups -OCH3 is 1. The molecule has 0 saturated heterocycles. The molecule has 0 unspecified atom stereocenters. The van der Waals surface area contributed by atoms with E-state index in [9.17, 15) is 24.5 Å². The van der Waals surface area contributed by atoms with Gasteiger partial charge in [-0.1, -0.05) is 6.92 Å². The maximum absolute atomic E-state index is 12.2. The molecular weight excluding hydrogens is 374 g/mol. The van der Waals surface area contributed by atoms with Crippen LogP contribution in [-0.2, 0) is 11.2 Å². The average Bonchev–Trinajstić information content (AvgIpc) is 3.05. The van der Waals surface area contributed by atoms with E-state index < -0.39 is 28.4 Å². The van der Waals surface area contributed by atoms with Crippen LogP contribution < -0.4 is 10.9 Å². The molecule has 1 aromatic carbocycles. The Morgan fingerprint density at radius 3 is 2.30 bits per heavy atom. The van der Waals surface area contributed by atoms with Crippen molar-refractivity contribution in [2.24, 2.45) is 0 Å². The zero-order chi connectivity index (χ0) is 20.1. The number of non-ortho nitro benzene ring substituents is 1. The highest BCUT2D eigenvalue weighted by Gasteiger charge is 2.19. The molecule has 0 aliphatic rings. The molecule has 2 N–H and O–H groups in total. The van der Waals surface area contributed by atoms with E-state index in [-0.39, 0.29) is 11.1 Å². The van der Waals surface area contributed by atoms with Crippen molar-refractivity contribution in [2.75, 3.05) is 7.11 Å². The number of hydrogen-bond donors (Lipinski definition) is 2. The second-order valence-electron chi connectivity index (χ2n) is 5.50. The van der Waals surface area contributed by atoms with Gasteiger partial charge in [-0.2, -0.15) is 0 Å². The number of carbonyl (C=O) groups is 3. The zero-order valence-corrected chi connectivity index (χ0v) is 15.6. The number of nitrogens with zero attached hydrogens (tertiary/aromatic N) is 1. The number of rotatable bonds is 5. The topological polar surface area (TPSA) is 128 Å². The molecule has 0 fully saturated rings. The first-order valence-electron chi connectivity index (χ1n) is 7.84. The van der Waals surface area contributed by atoms with E-state index in [0.717, 1.165) is 42.2 Å². The second-order valence-corrected chi connectivity index (χ2v) is 6.63. The van der Waals surface area contributed by atoms with E-state index in [4.69, 9.17) is 0 Å². The number of esters is 1. The third kappa shape index (κ3) is 4.67. The van der Waals surface area contributed by atoms with Crippen molar-refractivity contribution in [3.8, 4) is 0 Å². The normalized spacial score (nSPS) is 10.2. The fourth-order valence-corrected chi connectivity index (χ4v) is 3.32. The number of nitro groups is 1. The predicted molar refractivity (Wildman–Crippen MR) is 97.8 cm³/mol. The Bertz CT molecular complexity index is 921. The van der Waals surface area contributed by atoms with Gasteiger partial charge in [0.05, 0.1) is 22.5 Å². The van der Waals surface area contributed by atoms with Crippen molar-refractivity contribution in [1.82, 2.24) is 10.9 Å². The van der Waals surface area contributed by atoms with Gasteiger partial charge < -0.3 is 4.74 Å². The summed E-state index contributed by atoms with van der Waals surface area (Å²) >= 11 is 1.32. The van der Waals surface area contributed by atoms with Gasteiger partial charge in [0, 0.05) is 22.6 Å². The number of carbonyl (C=O) groups excluding carboxylic acids is 3. The van der Waals surface area contributed by atoms with Crippen molar-refractivity contribution in [2.45, 2.75) is 20.3 Å². The molecule has 2 aromatic rings. The lowest BCUT2D eigenvalue weighted by Gasteiger charge is -2.07. The molecule has 0 saturated carbocycles. The van der Waals surface area contributed by atoms with Gasteiger partial charge in [0.25, 0.3) is 17.5 Å². The molecule has 0 aliphatic carbocycles. The molecule has 0 radical (unpaired) electrons. The highest BCUT2D eigenvalue weighted by atomic mass is 32.1. The Balaban J connectivity index is 2.17. The van der Waals surface area contributed by atoms with Crippen LogP contribution in [0.5, 0.6) is 0 Å². The fourth-order valence-electron chi connectivity index (χ4n) is 2.31. The minimum Gasteiger partial charge on any atom is -0.465 e. The van der Waals surface area contributed by atoms with Crippen molar-refractivity contribution >= 4 is 34.8 Å². The van der Waals surface area contributed by atoms with Gasteiger partial charge in [-0.3, -0.25) is 30.6 Å². The lowest BCUT2D eigenvalue weighted by atomic mass is 10.1. The van der Waals surface area contributed by atoms with Crippen molar-refractivity contribution in [3.63, 3.8) is 0 Å². The van der Waals surface area contributed by atoms with Gasteiger partial charge in [0.2, 0.25) is 0 Å². The number of amides is 2. The van der Waals surface area contributed by atoms with Crippen LogP contribution in [0.2, 0.25) is 0 Å². The van der Waals surface area contributed by atoms with Gasteiger partial charge >= 0.3 is 5.97 Å². The van der Waals surface area contributed by atoms with Crippen molar-refractivity contribution < 1.29 is 24.0 Å². The Hall–Kier alpha value is -3.27. The summed E-state index contributed by atoms with van der Waals surface area (Å²) in [6, 6.07) is 4.86. The summed E-state index contributed by atoms with van der Waals surface area (Å²) in [6.07, 6.45) is 0.792. The molecule has 0 aliphatic heterocycles. The molecule has 0 spiro atoms. The predicted octanol–water partition coefficient (Wildman–Crippen LogP) is 2.39. The van der Waals surface area contributed by atoms with E-state index in [0.29, 0.717) is 4.88 Å². The molecule has 27 heavy (non-hydrogen) atoms. The van der Waals surface area contributed by atoms with Crippen LogP contribution >= 0.6 is 11.3 Å². The van der Waals surface area contributed by atoms with Crippen LogP contribution in [0.4, 0.5) is 5.69 Å². The number of hydrogen-bond acceptors (Lipinski definition) is 7. The first kappa shape index (κ1) is 20.0.